The van der Waals surface area contributed by atoms with Gasteiger partial charge in [-0.1, -0.05) is 0 Å². The molecule has 0 bridgehead atoms. The van der Waals surface area contributed by atoms with E-state index in [4.69, 9.17) is 9.84 Å². The van der Waals surface area contributed by atoms with Gasteiger partial charge in [0, 0.05) is 19.3 Å². The summed E-state index contributed by atoms with van der Waals surface area (Å²) < 4.78 is 45.9. The number of carboxylic acid groups (broad SMARTS) is 1. The number of ether oxygens (including phenoxy) is 1. The molecule has 0 unspecified atom stereocenters. The van der Waals surface area contributed by atoms with E-state index in [1.165, 1.54) is 6.92 Å². The van der Waals surface area contributed by atoms with Crippen molar-refractivity contribution in [2.24, 2.45) is 0 Å². The van der Waals surface area contributed by atoms with Crippen LogP contribution in [0.3, 0.4) is 0 Å². The molecule has 0 aromatic heterocycles. The smallest absolute Gasteiger partial charge is 0.338 e. The molecule has 2 N–H and O–H groups in total. The average molecular weight is 317 g/mol. The molecule has 0 radical (unpaired) electrons. The van der Waals surface area contributed by atoms with E-state index in [0.29, 0.717) is 26.1 Å². The van der Waals surface area contributed by atoms with Crippen molar-refractivity contribution in [1.82, 2.24) is 4.72 Å². The summed E-state index contributed by atoms with van der Waals surface area (Å²) in [5.41, 5.74) is -0.676. The van der Waals surface area contributed by atoms with Crippen molar-refractivity contribution in [2.75, 3.05) is 13.2 Å². The highest BCUT2D eigenvalue weighted by molar-refractivity contribution is 7.89. The van der Waals surface area contributed by atoms with Crippen LogP contribution in [0.2, 0.25) is 0 Å². The van der Waals surface area contributed by atoms with E-state index < -0.39 is 27.4 Å². The van der Waals surface area contributed by atoms with E-state index in [-0.39, 0.29) is 16.5 Å². The zero-order valence-corrected chi connectivity index (χ0v) is 12.2. The van der Waals surface area contributed by atoms with Crippen molar-refractivity contribution >= 4 is 16.0 Å². The first kappa shape index (κ1) is 15.9. The highest BCUT2D eigenvalue weighted by atomic mass is 32.2. The first-order valence-electron chi connectivity index (χ1n) is 6.45. The van der Waals surface area contributed by atoms with E-state index in [2.05, 4.69) is 4.72 Å². The molecule has 0 saturated carbocycles. The van der Waals surface area contributed by atoms with E-state index in [1.807, 2.05) is 0 Å². The van der Waals surface area contributed by atoms with Crippen molar-refractivity contribution in [1.29, 1.82) is 0 Å². The van der Waals surface area contributed by atoms with Gasteiger partial charge in [-0.05, 0) is 37.5 Å². The van der Waals surface area contributed by atoms with Gasteiger partial charge in [-0.3, -0.25) is 0 Å². The molecule has 116 valence electrons. The summed E-state index contributed by atoms with van der Waals surface area (Å²) in [6, 6.07) is 1.71. The number of carboxylic acids is 1. The summed E-state index contributed by atoms with van der Waals surface area (Å²) in [6.45, 7) is 2.27. The quantitative estimate of drug-likeness (QED) is 0.873. The number of benzene rings is 1. The van der Waals surface area contributed by atoms with Crippen LogP contribution in [0.5, 0.6) is 0 Å². The summed E-state index contributed by atoms with van der Waals surface area (Å²) in [5.74, 6) is -2.42. The van der Waals surface area contributed by atoms with E-state index in [0.717, 1.165) is 12.1 Å². The molecule has 1 aliphatic rings. The second-order valence-corrected chi connectivity index (χ2v) is 6.63. The Bertz CT molecular complexity index is 653. The average Bonchev–Trinajstić information content (AvgIpc) is 2.41. The molecule has 1 saturated heterocycles. The third kappa shape index (κ3) is 3.58. The van der Waals surface area contributed by atoms with Gasteiger partial charge < -0.3 is 9.84 Å². The number of halogens is 1. The maximum absolute atomic E-state index is 13.7. The van der Waals surface area contributed by atoms with Crippen molar-refractivity contribution in [3.8, 4) is 0 Å². The molecule has 0 atom stereocenters. The first-order valence-corrected chi connectivity index (χ1v) is 7.93. The lowest BCUT2D eigenvalue weighted by Gasteiger charge is -2.23. The van der Waals surface area contributed by atoms with E-state index in [9.17, 15) is 17.6 Å². The number of carbonyl (C=O) groups is 1. The molecule has 1 aromatic rings. The second-order valence-electron chi connectivity index (χ2n) is 4.91. The molecule has 8 heteroatoms. The van der Waals surface area contributed by atoms with Gasteiger partial charge >= 0.3 is 5.97 Å². The Morgan fingerprint density at radius 2 is 2.00 bits per heavy atom. The normalized spacial score (nSPS) is 16.9. The molecule has 21 heavy (non-hydrogen) atoms. The van der Waals surface area contributed by atoms with E-state index >= 15 is 0 Å². The van der Waals surface area contributed by atoms with Crippen LogP contribution in [0.4, 0.5) is 4.39 Å². The Morgan fingerprint density at radius 1 is 1.38 bits per heavy atom. The minimum Gasteiger partial charge on any atom is -0.478 e. The Hall–Kier alpha value is -1.51. The lowest BCUT2D eigenvalue weighted by Crippen LogP contribution is -2.38. The Balaban J connectivity index is 2.33. The van der Waals surface area contributed by atoms with Crippen LogP contribution in [-0.4, -0.2) is 38.7 Å². The standard InChI is InChI=1S/C13H16FNO5S/c1-8-6-10(7-11(12(8)14)13(16)17)21(18,19)15-9-2-4-20-5-3-9/h6-7,9,15H,2-5H2,1H3,(H,16,17). The van der Waals surface area contributed by atoms with Crippen molar-refractivity contribution in [2.45, 2.75) is 30.7 Å². The highest BCUT2D eigenvalue weighted by Gasteiger charge is 2.25. The largest absolute Gasteiger partial charge is 0.478 e. The monoisotopic (exact) mass is 317 g/mol. The summed E-state index contributed by atoms with van der Waals surface area (Å²) in [4.78, 5) is 10.7. The summed E-state index contributed by atoms with van der Waals surface area (Å²) in [6.07, 6.45) is 1.09. The number of nitrogens with one attached hydrogen (secondary N) is 1. The molecular formula is C13H16FNO5S. The zero-order chi connectivity index (χ0) is 15.6. The molecule has 1 fully saturated rings. The molecular weight excluding hydrogens is 301 g/mol. The van der Waals surface area contributed by atoms with Gasteiger partial charge in [0.1, 0.15) is 5.82 Å². The van der Waals surface area contributed by atoms with Crippen LogP contribution < -0.4 is 4.72 Å². The fraction of sp³-hybridized carbons (Fsp3) is 0.462. The van der Waals surface area contributed by atoms with Crippen molar-refractivity contribution < 1.29 is 27.4 Å². The fourth-order valence-electron chi connectivity index (χ4n) is 2.15. The molecule has 1 aromatic carbocycles. The molecule has 6 nitrogen and oxygen atoms in total. The van der Waals surface area contributed by atoms with Gasteiger partial charge in [0.15, 0.2) is 0 Å². The number of aryl methyl sites for hydroxylation is 1. The van der Waals surface area contributed by atoms with Crippen LogP contribution in [0, 0.1) is 12.7 Å². The van der Waals surface area contributed by atoms with Crippen molar-refractivity contribution in [3.63, 3.8) is 0 Å². The molecule has 1 heterocycles. The zero-order valence-electron chi connectivity index (χ0n) is 11.4. The third-order valence-electron chi connectivity index (χ3n) is 3.31. The maximum Gasteiger partial charge on any atom is 0.338 e. The number of hydrogen-bond donors (Lipinski definition) is 2. The Morgan fingerprint density at radius 3 is 2.57 bits per heavy atom. The number of rotatable bonds is 4. The summed E-state index contributed by atoms with van der Waals surface area (Å²) in [5, 5.41) is 8.93. The van der Waals surface area contributed by atoms with Gasteiger partial charge in [0.05, 0.1) is 10.5 Å². The Labute approximate surface area is 122 Å². The summed E-state index contributed by atoms with van der Waals surface area (Å²) >= 11 is 0. The molecule has 0 amide bonds. The molecule has 0 spiro atoms. The van der Waals surface area contributed by atoms with Crippen LogP contribution >= 0.6 is 0 Å². The lowest BCUT2D eigenvalue weighted by molar-refractivity contribution is 0.0691. The minimum absolute atomic E-state index is 0.0257. The van der Waals surface area contributed by atoms with Gasteiger partial charge in [-0.2, -0.15) is 0 Å². The predicted molar refractivity (Wildman–Crippen MR) is 72.3 cm³/mol. The Kier molecular flexibility index (Phi) is 4.60. The topological polar surface area (TPSA) is 92.7 Å². The lowest BCUT2D eigenvalue weighted by atomic mass is 10.1. The number of aromatic carboxylic acids is 1. The number of sulfonamides is 1. The maximum atomic E-state index is 13.7. The van der Waals surface area contributed by atoms with Gasteiger partial charge in [0.2, 0.25) is 10.0 Å². The van der Waals surface area contributed by atoms with Crippen LogP contribution in [0.1, 0.15) is 28.8 Å². The van der Waals surface area contributed by atoms with Gasteiger partial charge in [-0.15, -0.1) is 0 Å². The molecule has 1 aliphatic heterocycles. The molecule has 2 rings (SSSR count). The van der Waals surface area contributed by atoms with Crippen molar-refractivity contribution in [3.05, 3.63) is 29.1 Å². The molecule has 0 aliphatic carbocycles. The third-order valence-corrected chi connectivity index (χ3v) is 4.81. The van der Waals surface area contributed by atoms with Crippen LogP contribution in [-0.2, 0) is 14.8 Å². The SMILES string of the molecule is Cc1cc(S(=O)(=O)NC2CCOCC2)cc(C(=O)O)c1F. The summed E-state index contributed by atoms with van der Waals surface area (Å²) in [7, 11) is -3.89. The van der Waals surface area contributed by atoms with E-state index in [1.54, 1.807) is 0 Å². The second kappa shape index (κ2) is 6.08. The highest BCUT2D eigenvalue weighted by Crippen LogP contribution is 2.20. The number of hydrogen-bond acceptors (Lipinski definition) is 4. The predicted octanol–water partition coefficient (Wildman–Crippen LogP) is 1.29. The van der Waals surface area contributed by atoms with Crippen LogP contribution in [0.25, 0.3) is 0 Å². The fourth-order valence-corrected chi connectivity index (χ4v) is 3.57. The van der Waals surface area contributed by atoms with Crippen LogP contribution in [0.15, 0.2) is 17.0 Å². The first-order chi connectivity index (χ1) is 9.81. The minimum atomic E-state index is -3.89. The van der Waals surface area contributed by atoms with Gasteiger partial charge in [0.25, 0.3) is 0 Å². The van der Waals surface area contributed by atoms with Gasteiger partial charge in [-0.25, -0.2) is 22.3 Å².